The third-order valence-corrected chi connectivity index (χ3v) is 4.66. The summed E-state index contributed by atoms with van der Waals surface area (Å²) in [5.41, 5.74) is 1.56. The first-order valence-corrected chi connectivity index (χ1v) is 9.14. The van der Waals surface area contributed by atoms with Crippen molar-refractivity contribution in [2.24, 2.45) is 0 Å². The normalized spacial score (nSPS) is 17.3. The summed E-state index contributed by atoms with van der Waals surface area (Å²) < 4.78 is 0. The van der Waals surface area contributed by atoms with Gasteiger partial charge in [0.15, 0.2) is 0 Å². The van der Waals surface area contributed by atoms with Gasteiger partial charge in [-0.2, -0.15) is 0 Å². The average molecular weight is 367 g/mol. The SMILES string of the molecule is CN(C)C(=O)c1ccc([C@H]2CCCN(CC(=O)Nc3ccccn3)C2)nc1. The Kier molecular flexibility index (Phi) is 6.13. The van der Waals surface area contributed by atoms with Crippen molar-refractivity contribution in [3.63, 3.8) is 0 Å². The van der Waals surface area contributed by atoms with Crippen molar-refractivity contribution in [3.05, 3.63) is 54.0 Å². The summed E-state index contributed by atoms with van der Waals surface area (Å²) in [6.45, 7) is 2.01. The topological polar surface area (TPSA) is 78.4 Å². The van der Waals surface area contributed by atoms with Gasteiger partial charge in [-0.1, -0.05) is 6.07 Å². The van der Waals surface area contributed by atoms with E-state index in [-0.39, 0.29) is 17.7 Å². The van der Waals surface area contributed by atoms with Gasteiger partial charge in [0.1, 0.15) is 5.82 Å². The molecule has 142 valence electrons. The molecule has 27 heavy (non-hydrogen) atoms. The number of anilines is 1. The van der Waals surface area contributed by atoms with Gasteiger partial charge in [0.05, 0.1) is 12.1 Å². The van der Waals surface area contributed by atoms with E-state index >= 15 is 0 Å². The molecule has 2 aromatic rings. The molecule has 1 fully saturated rings. The third-order valence-electron chi connectivity index (χ3n) is 4.66. The van der Waals surface area contributed by atoms with Crippen LogP contribution in [0.25, 0.3) is 0 Å². The van der Waals surface area contributed by atoms with Crippen molar-refractivity contribution in [3.8, 4) is 0 Å². The fourth-order valence-corrected chi connectivity index (χ4v) is 3.29. The molecule has 0 saturated carbocycles. The lowest BCUT2D eigenvalue weighted by atomic mass is 9.94. The van der Waals surface area contributed by atoms with Crippen LogP contribution in [-0.2, 0) is 4.79 Å². The van der Waals surface area contributed by atoms with Gasteiger partial charge < -0.3 is 10.2 Å². The van der Waals surface area contributed by atoms with Crippen LogP contribution in [0, 0.1) is 0 Å². The Morgan fingerprint density at radius 3 is 2.74 bits per heavy atom. The maximum atomic E-state index is 12.3. The first kappa shape index (κ1) is 19.0. The highest BCUT2D eigenvalue weighted by molar-refractivity contribution is 5.93. The zero-order chi connectivity index (χ0) is 19.2. The van der Waals surface area contributed by atoms with Crippen LogP contribution in [0.1, 0.15) is 34.8 Å². The molecule has 0 spiro atoms. The lowest BCUT2D eigenvalue weighted by molar-refractivity contribution is -0.117. The van der Waals surface area contributed by atoms with Gasteiger partial charge in [-0.3, -0.25) is 19.5 Å². The summed E-state index contributed by atoms with van der Waals surface area (Å²) in [6.07, 6.45) is 5.35. The number of hydrogen-bond acceptors (Lipinski definition) is 5. The maximum Gasteiger partial charge on any atom is 0.254 e. The summed E-state index contributed by atoms with van der Waals surface area (Å²) in [4.78, 5) is 36.5. The molecule has 2 amide bonds. The average Bonchev–Trinajstić information content (AvgIpc) is 2.68. The number of rotatable bonds is 5. The van der Waals surface area contributed by atoms with Gasteiger partial charge in [0.25, 0.3) is 5.91 Å². The third kappa shape index (κ3) is 5.10. The molecule has 0 unspecified atom stereocenters. The fourth-order valence-electron chi connectivity index (χ4n) is 3.29. The largest absolute Gasteiger partial charge is 0.345 e. The Morgan fingerprint density at radius 1 is 1.22 bits per heavy atom. The fraction of sp³-hybridized carbons (Fsp3) is 0.400. The second kappa shape index (κ2) is 8.73. The molecule has 2 aromatic heterocycles. The van der Waals surface area contributed by atoms with Crippen LogP contribution in [0.3, 0.4) is 0 Å². The van der Waals surface area contributed by atoms with E-state index in [1.54, 1.807) is 37.5 Å². The van der Waals surface area contributed by atoms with Gasteiger partial charge in [-0.25, -0.2) is 4.98 Å². The number of likely N-dealkylation sites (tertiary alicyclic amines) is 1. The molecule has 1 aliphatic heterocycles. The Labute approximate surface area is 159 Å². The molecule has 0 bridgehead atoms. The van der Waals surface area contributed by atoms with Crippen LogP contribution in [-0.4, -0.2) is 65.3 Å². The lowest BCUT2D eigenvalue weighted by Gasteiger charge is -2.31. The molecular weight excluding hydrogens is 342 g/mol. The Morgan fingerprint density at radius 2 is 2.07 bits per heavy atom. The molecule has 0 aromatic carbocycles. The molecule has 7 heteroatoms. The number of aromatic nitrogens is 2. The van der Waals surface area contributed by atoms with Crippen molar-refractivity contribution in [1.29, 1.82) is 0 Å². The van der Waals surface area contributed by atoms with E-state index in [0.29, 0.717) is 17.9 Å². The molecule has 0 aliphatic carbocycles. The van der Waals surface area contributed by atoms with Crippen LogP contribution < -0.4 is 5.32 Å². The number of amides is 2. The Balaban J connectivity index is 1.57. The van der Waals surface area contributed by atoms with Crippen molar-refractivity contribution in [2.45, 2.75) is 18.8 Å². The first-order valence-electron chi connectivity index (χ1n) is 9.14. The number of hydrogen-bond donors (Lipinski definition) is 1. The van der Waals surface area contributed by atoms with Crippen LogP contribution in [0.2, 0.25) is 0 Å². The van der Waals surface area contributed by atoms with Crippen molar-refractivity contribution >= 4 is 17.6 Å². The summed E-state index contributed by atoms with van der Waals surface area (Å²) in [6, 6.07) is 9.19. The zero-order valence-corrected chi connectivity index (χ0v) is 15.8. The Bertz CT molecular complexity index is 777. The van der Waals surface area contributed by atoms with Crippen LogP contribution in [0.15, 0.2) is 42.7 Å². The molecule has 7 nitrogen and oxygen atoms in total. The van der Waals surface area contributed by atoms with Gasteiger partial charge >= 0.3 is 0 Å². The minimum absolute atomic E-state index is 0.0505. The summed E-state index contributed by atoms with van der Waals surface area (Å²) in [5, 5.41) is 2.82. The number of pyridine rings is 2. The predicted molar refractivity (Wildman–Crippen MR) is 104 cm³/mol. The van der Waals surface area contributed by atoms with E-state index in [4.69, 9.17) is 0 Å². The van der Waals surface area contributed by atoms with Crippen LogP contribution >= 0.6 is 0 Å². The van der Waals surface area contributed by atoms with Crippen molar-refractivity contribution in [1.82, 2.24) is 19.8 Å². The molecule has 3 heterocycles. The molecule has 1 atom stereocenters. The van der Waals surface area contributed by atoms with E-state index in [2.05, 4.69) is 20.2 Å². The van der Waals surface area contributed by atoms with Gasteiger partial charge in [-0.15, -0.1) is 0 Å². The van der Waals surface area contributed by atoms with Crippen LogP contribution in [0.4, 0.5) is 5.82 Å². The number of carbonyl (C=O) groups excluding carboxylic acids is 2. The standard InChI is InChI=1S/C20H25N5O2/c1-24(2)20(27)15-8-9-17(22-12-15)16-6-5-11-25(13-16)14-19(26)23-18-7-3-4-10-21-18/h3-4,7-10,12,16H,5-6,11,13-14H2,1-2H3,(H,21,23,26)/t16-/m0/s1. The predicted octanol–water partition coefficient (Wildman–Crippen LogP) is 2.00. The summed E-state index contributed by atoms with van der Waals surface area (Å²) >= 11 is 0. The van der Waals surface area contributed by atoms with Gasteiger partial charge in [-0.05, 0) is 43.7 Å². The van der Waals surface area contributed by atoms with Gasteiger partial charge in [0, 0.05) is 44.6 Å². The number of nitrogens with zero attached hydrogens (tertiary/aromatic N) is 4. The van der Waals surface area contributed by atoms with E-state index in [1.165, 1.54) is 0 Å². The second-order valence-corrected chi connectivity index (χ2v) is 7.01. The molecule has 1 saturated heterocycles. The second-order valence-electron chi connectivity index (χ2n) is 7.01. The first-order chi connectivity index (χ1) is 13.0. The number of piperidine rings is 1. The number of carbonyl (C=O) groups is 2. The highest BCUT2D eigenvalue weighted by Crippen LogP contribution is 2.25. The van der Waals surface area contributed by atoms with Crippen molar-refractivity contribution in [2.75, 3.05) is 39.0 Å². The quantitative estimate of drug-likeness (QED) is 0.874. The van der Waals surface area contributed by atoms with Crippen molar-refractivity contribution < 1.29 is 9.59 Å². The van der Waals surface area contributed by atoms with E-state index < -0.39 is 0 Å². The van der Waals surface area contributed by atoms with Gasteiger partial charge in [0.2, 0.25) is 5.91 Å². The molecule has 1 aliphatic rings. The Hall–Kier alpha value is -2.80. The molecule has 1 N–H and O–H groups in total. The smallest absolute Gasteiger partial charge is 0.254 e. The monoisotopic (exact) mass is 367 g/mol. The van der Waals surface area contributed by atoms with E-state index in [1.807, 2.05) is 24.3 Å². The maximum absolute atomic E-state index is 12.3. The summed E-state index contributed by atoms with van der Waals surface area (Å²) in [7, 11) is 3.45. The zero-order valence-electron chi connectivity index (χ0n) is 15.8. The van der Waals surface area contributed by atoms with Crippen LogP contribution in [0.5, 0.6) is 0 Å². The lowest BCUT2D eigenvalue weighted by Crippen LogP contribution is -2.40. The molecule has 0 radical (unpaired) electrons. The number of nitrogens with one attached hydrogen (secondary N) is 1. The minimum atomic E-state index is -0.0609. The van der Waals surface area contributed by atoms with E-state index in [0.717, 1.165) is 31.6 Å². The molecule has 3 rings (SSSR count). The molecular formula is C20H25N5O2. The minimum Gasteiger partial charge on any atom is -0.345 e. The highest BCUT2D eigenvalue weighted by atomic mass is 16.2. The summed E-state index contributed by atoms with van der Waals surface area (Å²) in [5.74, 6) is 0.725. The highest BCUT2D eigenvalue weighted by Gasteiger charge is 2.24. The van der Waals surface area contributed by atoms with E-state index in [9.17, 15) is 9.59 Å².